The molecule has 3 nitrogen and oxygen atoms in total. The van der Waals surface area contributed by atoms with E-state index in [9.17, 15) is 5.11 Å². The Bertz CT molecular complexity index is 126. The van der Waals surface area contributed by atoms with Crippen LogP contribution in [0.25, 0.3) is 0 Å². The molecule has 0 saturated carbocycles. The Hall–Kier alpha value is -0.120. The van der Waals surface area contributed by atoms with Crippen molar-refractivity contribution in [2.75, 3.05) is 32.8 Å². The van der Waals surface area contributed by atoms with E-state index in [0.29, 0.717) is 0 Å². The lowest BCUT2D eigenvalue weighted by Crippen LogP contribution is -2.53. The maximum Gasteiger partial charge on any atom is 0.0623 e. The average Bonchev–Trinajstić information content (AvgIpc) is 2.15. The molecule has 0 aliphatic carbocycles. The van der Waals surface area contributed by atoms with Crippen molar-refractivity contribution < 1.29 is 5.11 Å². The van der Waals surface area contributed by atoms with Crippen LogP contribution in [0.3, 0.4) is 0 Å². The van der Waals surface area contributed by atoms with Crippen molar-refractivity contribution in [1.82, 2.24) is 10.2 Å². The second-order valence-corrected chi connectivity index (χ2v) is 3.71. The van der Waals surface area contributed by atoms with E-state index in [1.807, 2.05) is 0 Å². The summed E-state index contributed by atoms with van der Waals surface area (Å²) in [6.07, 6.45) is 0. The zero-order chi connectivity index (χ0) is 10.3. The highest BCUT2D eigenvalue weighted by Crippen LogP contribution is 2.05. The van der Waals surface area contributed by atoms with E-state index in [1.54, 1.807) is 0 Å². The number of rotatable bonds is 7. The van der Waals surface area contributed by atoms with Gasteiger partial charge in [0.05, 0.1) is 12.1 Å². The second kappa shape index (κ2) is 6.35. The summed E-state index contributed by atoms with van der Waals surface area (Å²) in [6.45, 7) is 12.5. The summed E-state index contributed by atoms with van der Waals surface area (Å²) in [6, 6.07) is 0. The fourth-order valence-electron chi connectivity index (χ4n) is 1.53. The summed E-state index contributed by atoms with van der Waals surface area (Å²) < 4.78 is 0. The van der Waals surface area contributed by atoms with E-state index in [-0.39, 0.29) is 12.1 Å². The van der Waals surface area contributed by atoms with E-state index < -0.39 is 0 Å². The molecule has 0 bridgehead atoms. The first-order valence-electron chi connectivity index (χ1n) is 5.20. The standard InChI is InChI=1S/C10H24N2O/c1-5-11-10(4,9-13)8-12(6-2)7-3/h11,13H,5-9H2,1-4H3. The van der Waals surface area contributed by atoms with Gasteiger partial charge in [-0.3, -0.25) is 0 Å². The van der Waals surface area contributed by atoms with E-state index >= 15 is 0 Å². The van der Waals surface area contributed by atoms with Crippen molar-refractivity contribution in [3.63, 3.8) is 0 Å². The van der Waals surface area contributed by atoms with Crippen LogP contribution in [0.15, 0.2) is 0 Å². The monoisotopic (exact) mass is 188 g/mol. The summed E-state index contributed by atoms with van der Waals surface area (Å²) in [4.78, 5) is 2.32. The van der Waals surface area contributed by atoms with Gasteiger partial charge in [0.1, 0.15) is 0 Å². The Balaban J connectivity index is 4.07. The molecule has 3 heteroatoms. The lowest BCUT2D eigenvalue weighted by atomic mass is 10.0. The van der Waals surface area contributed by atoms with Crippen molar-refractivity contribution >= 4 is 0 Å². The van der Waals surface area contributed by atoms with E-state index in [0.717, 1.165) is 26.2 Å². The molecular weight excluding hydrogens is 164 g/mol. The molecule has 0 heterocycles. The third-order valence-corrected chi connectivity index (χ3v) is 2.42. The first-order chi connectivity index (χ1) is 6.11. The van der Waals surface area contributed by atoms with Crippen LogP contribution in [0.2, 0.25) is 0 Å². The van der Waals surface area contributed by atoms with Gasteiger partial charge in [-0.05, 0) is 26.6 Å². The molecule has 0 rings (SSSR count). The second-order valence-electron chi connectivity index (χ2n) is 3.71. The van der Waals surface area contributed by atoms with Gasteiger partial charge < -0.3 is 15.3 Å². The van der Waals surface area contributed by atoms with Gasteiger partial charge in [0, 0.05) is 6.54 Å². The first kappa shape index (κ1) is 12.9. The van der Waals surface area contributed by atoms with Crippen LogP contribution in [0.4, 0.5) is 0 Å². The zero-order valence-electron chi connectivity index (χ0n) is 9.43. The highest BCUT2D eigenvalue weighted by molar-refractivity contribution is 4.85. The van der Waals surface area contributed by atoms with Gasteiger partial charge in [-0.25, -0.2) is 0 Å². The molecule has 0 aromatic heterocycles. The Labute approximate surface area is 82.1 Å². The fourth-order valence-corrected chi connectivity index (χ4v) is 1.53. The Morgan fingerprint density at radius 2 is 1.77 bits per heavy atom. The van der Waals surface area contributed by atoms with Crippen molar-refractivity contribution in [3.05, 3.63) is 0 Å². The first-order valence-corrected chi connectivity index (χ1v) is 5.20. The summed E-state index contributed by atoms with van der Waals surface area (Å²) in [7, 11) is 0. The van der Waals surface area contributed by atoms with Crippen molar-refractivity contribution in [2.24, 2.45) is 0 Å². The van der Waals surface area contributed by atoms with Crippen LogP contribution >= 0.6 is 0 Å². The summed E-state index contributed by atoms with van der Waals surface area (Å²) >= 11 is 0. The molecule has 0 aromatic rings. The van der Waals surface area contributed by atoms with Crippen LogP contribution in [-0.4, -0.2) is 48.3 Å². The molecule has 0 aromatic carbocycles. The lowest BCUT2D eigenvalue weighted by Gasteiger charge is -2.33. The van der Waals surface area contributed by atoms with Gasteiger partial charge in [0.15, 0.2) is 0 Å². The molecule has 0 amide bonds. The number of hydrogen-bond acceptors (Lipinski definition) is 3. The molecule has 2 N–H and O–H groups in total. The summed E-state index contributed by atoms with van der Waals surface area (Å²) in [5, 5.41) is 12.6. The molecule has 0 aliphatic heterocycles. The molecule has 13 heavy (non-hydrogen) atoms. The van der Waals surface area contributed by atoms with Crippen LogP contribution in [0, 0.1) is 0 Å². The summed E-state index contributed by atoms with van der Waals surface area (Å²) in [5.74, 6) is 0. The predicted octanol–water partition coefficient (Wildman–Crippen LogP) is 0.689. The molecule has 80 valence electrons. The molecular formula is C10H24N2O. The smallest absolute Gasteiger partial charge is 0.0623 e. The molecule has 0 fully saturated rings. The largest absolute Gasteiger partial charge is 0.394 e. The van der Waals surface area contributed by atoms with Gasteiger partial charge in [0.25, 0.3) is 0 Å². The molecule has 0 radical (unpaired) electrons. The van der Waals surface area contributed by atoms with Gasteiger partial charge in [0.2, 0.25) is 0 Å². The number of nitrogens with zero attached hydrogens (tertiary/aromatic N) is 1. The quantitative estimate of drug-likeness (QED) is 0.617. The fraction of sp³-hybridized carbons (Fsp3) is 1.00. The Morgan fingerprint density at radius 3 is 2.08 bits per heavy atom. The van der Waals surface area contributed by atoms with Gasteiger partial charge in [-0.15, -0.1) is 0 Å². The maximum atomic E-state index is 9.27. The predicted molar refractivity (Wildman–Crippen MR) is 57.0 cm³/mol. The SMILES string of the molecule is CCNC(C)(CO)CN(CC)CC. The molecule has 0 aliphatic rings. The number of aliphatic hydroxyl groups is 1. The van der Waals surface area contributed by atoms with Crippen LogP contribution in [0.1, 0.15) is 27.7 Å². The van der Waals surface area contributed by atoms with Crippen molar-refractivity contribution in [2.45, 2.75) is 33.2 Å². The Morgan fingerprint density at radius 1 is 1.23 bits per heavy atom. The number of nitrogens with one attached hydrogen (secondary N) is 1. The average molecular weight is 188 g/mol. The number of hydrogen-bond donors (Lipinski definition) is 2. The minimum atomic E-state index is -0.152. The van der Waals surface area contributed by atoms with Crippen molar-refractivity contribution in [1.29, 1.82) is 0 Å². The highest BCUT2D eigenvalue weighted by Gasteiger charge is 2.23. The van der Waals surface area contributed by atoms with E-state index in [2.05, 4.69) is 37.9 Å². The molecule has 1 unspecified atom stereocenters. The molecule has 1 atom stereocenters. The third kappa shape index (κ3) is 4.60. The molecule has 0 spiro atoms. The van der Waals surface area contributed by atoms with Gasteiger partial charge >= 0.3 is 0 Å². The lowest BCUT2D eigenvalue weighted by molar-refractivity contribution is 0.127. The summed E-state index contributed by atoms with van der Waals surface area (Å²) in [5.41, 5.74) is -0.152. The highest BCUT2D eigenvalue weighted by atomic mass is 16.3. The van der Waals surface area contributed by atoms with Crippen LogP contribution in [-0.2, 0) is 0 Å². The van der Waals surface area contributed by atoms with Crippen molar-refractivity contribution in [3.8, 4) is 0 Å². The van der Waals surface area contributed by atoms with Crippen LogP contribution < -0.4 is 5.32 Å². The minimum Gasteiger partial charge on any atom is -0.394 e. The maximum absolute atomic E-state index is 9.27. The Kier molecular flexibility index (Phi) is 6.29. The van der Waals surface area contributed by atoms with E-state index in [1.165, 1.54) is 0 Å². The normalized spacial score (nSPS) is 16.2. The minimum absolute atomic E-state index is 0.152. The van der Waals surface area contributed by atoms with Gasteiger partial charge in [-0.1, -0.05) is 20.8 Å². The number of likely N-dealkylation sites (N-methyl/N-ethyl adjacent to an activating group) is 2. The topological polar surface area (TPSA) is 35.5 Å². The van der Waals surface area contributed by atoms with Crippen LogP contribution in [0.5, 0.6) is 0 Å². The van der Waals surface area contributed by atoms with E-state index in [4.69, 9.17) is 0 Å². The molecule has 0 saturated heterocycles. The number of aliphatic hydroxyl groups excluding tert-OH is 1. The van der Waals surface area contributed by atoms with Gasteiger partial charge in [-0.2, -0.15) is 0 Å². The zero-order valence-corrected chi connectivity index (χ0v) is 9.43. The third-order valence-electron chi connectivity index (χ3n) is 2.42.